The number of fused-ring (bicyclic) bond motifs is 1. The molecule has 6 heteroatoms. The van der Waals surface area contributed by atoms with E-state index in [1.807, 2.05) is 16.3 Å². The molecule has 1 atom stereocenters. The first-order chi connectivity index (χ1) is 9.50. The smallest absolute Gasteiger partial charge is 0.325 e. The third-order valence-electron chi connectivity index (χ3n) is 3.63. The molecular formula is C14H20N2O3S. The molecule has 2 rings (SSSR count). The van der Waals surface area contributed by atoms with Crippen LogP contribution in [-0.2, 0) is 16.0 Å². The topological polar surface area (TPSA) is 60.9 Å². The van der Waals surface area contributed by atoms with E-state index in [-0.39, 0.29) is 5.91 Å². The second-order valence-electron chi connectivity index (χ2n) is 5.22. The van der Waals surface area contributed by atoms with Gasteiger partial charge in [0.05, 0.1) is 0 Å². The molecule has 0 saturated heterocycles. The van der Waals surface area contributed by atoms with Crippen molar-refractivity contribution in [3.8, 4) is 0 Å². The Labute approximate surface area is 122 Å². The average molecular weight is 296 g/mol. The van der Waals surface area contributed by atoms with E-state index in [4.69, 9.17) is 0 Å². The van der Waals surface area contributed by atoms with Crippen LogP contribution < -0.4 is 0 Å². The lowest BCUT2D eigenvalue weighted by Gasteiger charge is -2.33. The predicted octanol–water partition coefficient (Wildman–Crippen LogP) is 1.60. The van der Waals surface area contributed by atoms with E-state index in [2.05, 4.69) is 0 Å². The van der Waals surface area contributed by atoms with Crippen LogP contribution in [0.2, 0.25) is 0 Å². The van der Waals surface area contributed by atoms with Crippen molar-refractivity contribution in [2.75, 3.05) is 27.2 Å². The van der Waals surface area contributed by atoms with Crippen LogP contribution >= 0.6 is 11.3 Å². The number of rotatable bonds is 5. The van der Waals surface area contributed by atoms with Gasteiger partial charge in [-0.1, -0.05) is 0 Å². The Hall–Kier alpha value is -1.40. The molecule has 1 aliphatic rings. The number of carbonyl (C=O) groups excluding carboxylic acids is 1. The van der Waals surface area contributed by atoms with Crippen LogP contribution in [0, 0.1) is 0 Å². The summed E-state index contributed by atoms with van der Waals surface area (Å²) in [4.78, 5) is 27.8. The third-order valence-corrected chi connectivity index (χ3v) is 4.63. The Morgan fingerprint density at radius 3 is 2.90 bits per heavy atom. The summed E-state index contributed by atoms with van der Waals surface area (Å²) in [5.74, 6) is -0.714. The molecule has 1 aliphatic heterocycles. The summed E-state index contributed by atoms with van der Waals surface area (Å²) in [6.07, 6.45) is 2.06. The van der Waals surface area contributed by atoms with E-state index in [0.717, 1.165) is 18.5 Å². The molecule has 110 valence electrons. The number of thiophene rings is 1. The summed E-state index contributed by atoms with van der Waals surface area (Å²) < 4.78 is 0. The molecule has 2 heterocycles. The molecule has 0 fully saturated rings. The van der Waals surface area contributed by atoms with Crippen molar-refractivity contribution in [3.63, 3.8) is 0 Å². The van der Waals surface area contributed by atoms with Crippen molar-refractivity contribution < 1.29 is 14.7 Å². The summed E-state index contributed by atoms with van der Waals surface area (Å²) >= 11 is 1.63. The maximum absolute atomic E-state index is 11.5. The van der Waals surface area contributed by atoms with Crippen LogP contribution in [0.25, 0.3) is 0 Å². The van der Waals surface area contributed by atoms with Gasteiger partial charge in [-0.3, -0.25) is 14.5 Å². The number of carboxylic acids is 1. The Balaban J connectivity index is 1.98. The minimum atomic E-state index is -0.803. The van der Waals surface area contributed by atoms with Crippen LogP contribution in [0.1, 0.15) is 29.3 Å². The van der Waals surface area contributed by atoms with E-state index < -0.39 is 12.0 Å². The summed E-state index contributed by atoms with van der Waals surface area (Å²) in [5, 5.41) is 11.4. The van der Waals surface area contributed by atoms with Crippen LogP contribution in [-0.4, -0.2) is 54.0 Å². The summed E-state index contributed by atoms with van der Waals surface area (Å²) in [6.45, 7) is 1.40. The highest BCUT2D eigenvalue weighted by molar-refractivity contribution is 7.10. The Morgan fingerprint density at radius 1 is 1.50 bits per heavy atom. The van der Waals surface area contributed by atoms with E-state index in [9.17, 15) is 14.7 Å². The van der Waals surface area contributed by atoms with Gasteiger partial charge in [-0.2, -0.15) is 0 Å². The molecule has 1 unspecified atom stereocenters. The van der Waals surface area contributed by atoms with Crippen LogP contribution in [0.5, 0.6) is 0 Å². The standard InChI is InChI=1S/C14H20N2O3S/c1-15(2)12(17)4-3-7-16-8-5-11-10(6-9-20-11)13(16)14(18)19/h6,9,13H,3-5,7-8H2,1-2H3,(H,18,19). The number of nitrogens with zero attached hydrogens (tertiary/aromatic N) is 2. The van der Waals surface area contributed by atoms with Gasteiger partial charge in [-0.05, 0) is 36.4 Å². The quantitative estimate of drug-likeness (QED) is 0.896. The van der Waals surface area contributed by atoms with Gasteiger partial charge in [0.25, 0.3) is 0 Å². The molecule has 1 aromatic heterocycles. The van der Waals surface area contributed by atoms with Crippen molar-refractivity contribution in [1.29, 1.82) is 0 Å². The summed E-state index contributed by atoms with van der Waals surface area (Å²) in [7, 11) is 3.47. The number of carboxylic acid groups (broad SMARTS) is 1. The van der Waals surface area contributed by atoms with Gasteiger partial charge in [0.2, 0.25) is 5.91 Å². The van der Waals surface area contributed by atoms with Crippen molar-refractivity contribution in [1.82, 2.24) is 9.80 Å². The first-order valence-electron chi connectivity index (χ1n) is 6.74. The SMILES string of the molecule is CN(C)C(=O)CCCN1CCc2sccc2C1C(=O)O. The second kappa shape index (κ2) is 6.37. The fourth-order valence-corrected chi connectivity index (χ4v) is 3.46. The van der Waals surface area contributed by atoms with Crippen LogP contribution in [0.3, 0.4) is 0 Å². The van der Waals surface area contributed by atoms with E-state index in [1.165, 1.54) is 4.88 Å². The molecule has 0 bridgehead atoms. The molecule has 20 heavy (non-hydrogen) atoms. The van der Waals surface area contributed by atoms with E-state index >= 15 is 0 Å². The third kappa shape index (κ3) is 3.19. The maximum Gasteiger partial charge on any atom is 0.325 e. The second-order valence-corrected chi connectivity index (χ2v) is 6.22. The zero-order chi connectivity index (χ0) is 14.7. The number of carbonyl (C=O) groups is 2. The Morgan fingerprint density at radius 2 is 2.25 bits per heavy atom. The molecule has 0 saturated carbocycles. The highest BCUT2D eigenvalue weighted by Crippen LogP contribution is 2.33. The molecule has 1 aromatic rings. The monoisotopic (exact) mass is 296 g/mol. The van der Waals surface area contributed by atoms with Crippen molar-refractivity contribution in [2.45, 2.75) is 25.3 Å². The molecular weight excluding hydrogens is 276 g/mol. The Kier molecular flexibility index (Phi) is 4.77. The number of hydrogen-bond acceptors (Lipinski definition) is 4. The minimum Gasteiger partial charge on any atom is -0.480 e. The fourth-order valence-electron chi connectivity index (χ4n) is 2.56. The lowest BCUT2D eigenvalue weighted by molar-refractivity contribution is -0.144. The van der Waals surface area contributed by atoms with Crippen molar-refractivity contribution in [3.05, 3.63) is 21.9 Å². The average Bonchev–Trinajstić information content (AvgIpc) is 2.85. The number of hydrogen-bond donors (Lipinski definition) is 1. The first-order valence-corrected chi connectivity index (χ1v) is 7.62. The first kappa shape index (κ1) is 15.0. The minimum absolute atomic E-state index is 0.0881. The fraction of sp³-hybridized carbons (Fsp3) is 0.571. The van der Waals surface area contributed by atoms with Crippen LogP contribution in [0.15, 0.2) is 11.4 Å². The van der Waals surface area contributed by atoms with Gasteiger partial charge in [0.1, 0.15) is 6.04 Å². The Bertz CT molecular complexity index is 498. The highest BCUT2D eigenvalue weighted by atomic mass is 32.1. The number of aliphatic carboxylic acids is 1. The van der Waals surface area contributed by atoms with Gasteiger partial charge >= 0.3 is 5.97 Å². The largest absolute Gasteiger partial charge is 0.480 e. The molecule has 0 aliphatic carbocycles. The van der Waals surface area contributed by atoms with Crippen molar-refractivity contribution >= 4 is 23.2 Å². The van der Waals surface area contributed by atoms with Gasteiger partial charge in [0, 0.05) is 31.9 Å². The molecule has 0 radical (unpaired) electrons. The van der Waals surface area contributed by atoms with Crippen LogP contribution in [0.4, 0.5) is 0 Å². The summed E-state index contributed by atoms with van der Waals surface area (Å²) in [6, 6.07) is 1.36. The van der Waals surface area contributed by atoms with Crippen molar-refractivity contribution in [2.24, 2.45) is 0 Å². The van der Waals surface area contributed by atoms with E-state index in [0.29, 0.717) is 19.4 Å². The lowest BCUT2D eigenvalue weighted by atomic mass is 9.99. The molecule has 5 nitrogen and oxygen atoms in total. The number of amides is 1. The summed E-state index contributed by atoms with van der Waals surface area (Å²) in [5.41, 5.74) is 0.924. The molecule has 0 spiro atoms. The van der Waals surface area contributed by atoms with Gasteiger partial charge < -0.3 is 10.0 Å². The lowest BCUT2D eigenvalue weighted by Crippen LogP contribution is -2.40. The highest BCUT2D eigenvalue weighted by Gasteiger charge is 2.33. The normalized spacial score (nSPS) is 18.6. The van der Waals surface area contributed by atoms with E-state index in [1.54, 1.807) is 30.3 Å². The predicted molar refractivity (Wildman–Crippen MR) is 77.9 cm³/mol. The van der Waals surface area contributed by atoms with Gasteiger partial charge in [-0.25, -0.2) is 0 Å². The molecule has 1 amide bonds. The zero-order valence-corrected chi connectivity index (χ0v) is 12.7. The van der Waals surface area contributed by atoms with Gasteiger partial charge in [-0.15, -0.1) is 11.3 Å². The van der Waals surface area contributed by atoms with Gasteiger partial charge in [0.15, 0.2) is 0 Å². The molecule has 1 N–H and O–H groups in total. The zero-order valence-electron chi connectivity index (χ0n) is 11.8. The maximum atomic E-state index is 11.5. The molecule has 0 aromatic carbocycles.